The summed E-state index contributed by atoms with van der Waals surface area (Å²) in [6.45, 7) is 3.12. The molecule has 2 spiro atoms. The highest BCUT2D eigenvalue weighted by atomic mass is 16.3. The molecule has 2 saturated heterocycles. The Hall–Kier alpha value is -1.78. The molecule has 26 heavy (non-hydrogen) atoms. The molecule has 0 unspecified atom stereocenters. The molecule has 3 heterocycles. The van der Waals surface area contributed by atoms with Gasteiger partial charge in [-0.1, -0.05) is 6.42 Å². The van der Waals surface area contributed by atoms with Crippen molar-refractivity contribution in [1.82, 2.24) is 9.80 Å². The van der Waals surface area contributed by atoms with E-state index in [2.05, 4.69) is 4.90 Å². The van der Waals surface area contributed by atoms with E-state index < -0.39 is 0 Å². The zero-order chi connectivity index (χ0) is 17.8. The first-order chi connectivity index (χ1) is 12.6. The minimum Gasteiger partial charge on any atom is -0.467 e. The smallest absolute Gasteiger partial charge is 0.226 e. The van der Waals surface area contributed by atoms with Gasteiger partial charge in [0.1, 0.15) is 5.76 Å². The summed E-state index contributed by atoms with van der Waals surface area (Å²) in [5, 5.41) is 0. The van der Waals surface area contributed by atoms with E-state index in [1.165, 1.54) is 19.3 Å². The lowest BCUT2D eigenvalue weighted by Crippen LogP contribution is -2.52. The van der Waals surface area contributed by atoms with Crippen molar-refractivity contribution in [3.05, 3.63) is 24.2 Å². The number of carbonyl (C=O) groups is 2. The van der Waals surface area contributed by atoms with Crippen LogP contribution in [0, 0.1) is 16.7 Å². The van der Waals surface area contributed by atoms with Gasteiger partial charge >= 0.3 is 0 Å². The summed E-state index contributed by atoms with van der Waals surface area (Å²) < 4.78 is 5.43. The van der Waals surface area contributed by atoms with Crippen molar-refractivity contribution in [2.45, 2.75) is 57.9 Å². The first kappa shape index (κ1) is 16.4. The standard InChI is InChI=1S/C21H28N2O3/c24-18-4-7-20(15-23(18)14-16-3-1-12-26-16)8-10-22(11-9-20)19(25)17-13-21(17)5-2-6-21/h1,3,12,17H,2,4-11,13-15H2/t17-/m1/s1. The van der Waals surface area contributed by atoms with Crippen LogP contribution < -0.4 is 0 Å². The number of carbonyl (C=O) groups excluding carboxylic acids is 2. The molecule has 5 heteroatoms. The SMILES string of the molecule is O=C1CCC2(CCN(C(=O)[C@H]3CC34CCC4)CC2)CN1Cc1ccco1. The van der Waals surface area contributed by atoms with Gasteiger partial charge in [0.25, 0.3) is 0 Å². The van der Waals surface area contributed by atoms with Crippen LogP contribution in [0.5, 0.6) is 0 Å². The molecule has 5 nitrogen and oxygen atoms in total. The van der Waals surface area contributed by atoms with E-state index in [0.717, 1.165) is 51.1 Å². The molecule has 1 aromatic heterocycles. The van der Waals surface area contributed by atoms with Gasteiger partial charge in [0.15, 0.2) is 0 Å². The molecule has 4 aliphatic rings. The number of furan rings is 1. The third-order valence-electron chi connectivity index (χ3n) is 7.65. The van der Waals surface area contributed by atoms with E-state index >= 15 is 0 Å². The summed E-state index contributed by atoms with van der Waals surface area (Å²) in [7, 11) is 0. The summed E-state index contributed by atoms with van der Waals surface area (Å²) in [5.74, 6) is 1.82. The number of hydrogen-bond donors (Lipinski definition) is 0. The fraction of sp³-hybridized carbons (Fsp3) is 0.714. The quantitative estimate of drug-likeness (QED) is 0.836. The summed E-state index contributed by atoms with van der Waals surface area (Å²) in [6, 6.07) is 3.80. The van der Waals surface area contributed by atoms with Gasteiger partial charge in [0, 0.05) is 32.0 Å². The first-order valence-corrected chi connectivity index (χ1v) is 10.2. The van der Waals surface area contributed by atoms with Gasteiger partial charge in [0.05, 0.1) is 12.8 Å². The molecule has 5 rings (SSSR count). The third-order valence-corrected chi connectivity index (χ3v) is 7.65. The van der Waals surface area contributed by atoms with Crippen LogP contribution in [0.2, 0.25) is 0 Å². The lowest BCUT2D eigenvalue weighted by atomic mass is 9.72. The summed E-state index contributed by atoms with van der Waals surface area (Å²) >= 11 is 0. The van der Waals surface area contributed by atoms with E-state index in [4.69, 9.17) is 4.42 Å². The summed E-state index contributed by atoms with van der Waals surface area (Å²) in [6.07, 6.45) is 10.3. The highest BCUT2D eigenvalue weighted by Gasteiger charge is 2.61. The van der Waals surface area contributed by atoms with Gasteiger partial charge < -0.3 is 14.2 Å². The van der Waals surface area contributed by atoms with Crippen LogP contribution in [0.25, 0.3) is 0 Å². The van der Waals surface area contributed by atoms with Crippen molar-refractivity contribution in [2.75, 3.05) is 19.6 Å². The van der Waals surface area contributed by atoms with Gasteiger partial charge in [0.2, 0.25) is 11.8 Å². The highest BCUT2D eigenvalue weighted by molar-refractivity contribution is 5.83. The van der Waals surface area contributed by atoms with E-state index in [1.54, 1.807) is 6.26 Å². The van der Waals surface area contributed by atoms with Crippen LogP contribution >= 0.6 is 0 Å². The second-order valence-electron chi connectivity index (χ2n) is 9.13. The number of likely N-dealkylation sites (tertiary alicyclic amines) is 2. The maximum atomic E-state index is 12.8. The second kappa shape index (κ2) is 5.86. The summed E-state index contributed by atoms with van der Waals surface area (Å²) in [5.41, 5.74) is 0.609. The zero-order valence-corrected chi connectivity index (χ0v) is 15.4. The molecule has 2 aliphatic carbocycles. The number of amides is 2. The summed E-state index contributed by atoms with van der Waals surface area (Å²) in [4.78, 5) is 29.2. The minimum absolute atomic E-state index is 0.189. The van der Waals surface area contributed by atoms with E-state index in [1.807, 2.05) is 17.0 Å². The first-order valence-electron chi connectivity index (χ1n) is 10.2. The zero-order valence-electron chi connectivity index (χ0n) is 15.4. The Bertz CT molecular complexity index is 699. The number of hydrogen-bond acceptors (Lipinski definition) is 3. The Morgan fingerprint density at radius 2 is 2.00 bits per heavy atom. The van der Waals surface area contributed by atoms with Crippen molar-refractivity contribution in [2.24, 2.45) is 16.7 Å². The van der Waals surface area contributed by atoms with Crippen LogP contribution in [-0.4, -0.2) is 41.2 Å². The van der Waals surface area contributed by atoms with E-state index in [-0.39, 0.29) is 11.3 Å². The highest BCUT2D eigenvalue weighted by Crippen LogP contribution is 2.66. The number of nitrogens with zero attached hydrogens (tertiary/aromatic N) is 2. The van der Waals surface area contributed by atoms with Crippen LogP contribution in [0.1, 0.15) is 57.1 Å². The molecule has 0 radical (unpaired) electrons. The molecule has 1 aromatic rings. The predicted molar refractivity (Wildman–Crippen MR) is 96.0 cm³/mol. The topological polar surface area (TPSA) is 53.8 Å². The van der Waals surface area contributed by atoms with Gasteiger partial charge in [-0.05, 0) is 61.5 Å². The Morgan fingerprint density at radius 3 is 2.62 bits per heavy atom. The van der Waals surface area contributed by atoms with Crippen molar-refractivity contribution >= 4 is 11.8 Å². The van der Waals surface area contributed by atoms with Gasteiger partial charge in [-0.2, -0.15) is 0 Å². The molecular formula is C21H28N2O3. The molecule has 0 aromatic carbocycles. The molecule has 0 bridgehead atoms. The van der Waals surface area contributed by atoms with Crippen molar-refractivity contribution in [3.8, 4) is 0 Å². The number of piperidine rings is 2. The van der Waals surface area contributed by atoms with Crippen molar-refractivity contribution in [1.29, 1.82) is 0 Å². The van der Waals surface area contributed by atoms with E-state index in [9.17, 15) is 9.59 Å². The lowest BCUT2D eigenvalue weighted by molar-refractivity contribution is -0.144. The maximum absolute atomic E-state index is 12.8. The second-order valence-corrected chi connectivity index (χ2v) is 9.13. The van der Waals surface area contributed by atoms with Crippen LogP contribution in [0.3, 0.4) is 0 Å². The van der Waals surface area contributed by atoms with Gasteiger partial charge in [-0.15, -0.1) is 0 Å². The normalized spacial score (nSPS) is 29.1. The predicted octanol–water partition coefficient (Wildman–Crippen LogP) is 3.20. The largest absolute Gasteiger partial charge is 0.467 e. The average molecular weight is 356 g/mol. The molecule has 2 aliphatic heterocycles. The van der Waals surface area contributed by atoms with Crippen LogP contribution in [-0.2, 0) is 16.1 Å². The lowest BCUT2D eigenvalue weighted by Gasteiger charge is -2.47. The van der Waals surface area contributed by atoms with Gasteiger partial charge in [-0.25, -0.2) is 0 Å². The Labute approximate surface area is 154 Å². The van der Waals surface area contributed by atoms with Crippen molar-refractivity contribution < 1.29 is 14.0 Å². The van der Waals surface area contributed by atoms with Crippen LogP contribution in [0.4, 0.5) is 0 Å². The molecule has 2 amide bonds. The fourth-order valence-corrected chi connectivity index (χ4v) is 5.55. The van der Waals surface area contributed by atoms with Crippen molar-refractivity contribution in [3.63, 3.8) is 0 Å². The maximum Gasteiger partial charge on any atom is 0.226 e. The Kier molecular flexibility index (Phi) is 3.70. The third kappa shape index (κ3) is 2.67. The molecule has 2 saturated carbocycles. The monoisotopic (exact) mass is 356 g/mol. The molecule has 4 fully saturated rings. The van der Waals surface area contributed by atoms with Gasteiger partial charge in [-0.3, -0.25) is 9.59 Å². The minimum atomic E-state index is 0.189. The van der Waals surface area contributed by atoms with Crippen LogP contribution in [0.15, 0.2) is 22.8 Å². The fourth-order valence-electron chi connectivity index (χ4n) is 5.55. The van der Waals surface area contributed by atoms with E-state index in [0.29, 0.717) is 30.2 Å². The molecule has 0 N–H and O–H groups in total. The number of rotatable bonds is 3. The molecule has 1 atom stereocenters. The molecular weight excluding hydrogens is 328 g/mol. The Morgan fingerprint density at radius 1 is 1.19 bits per heavy atom. The average Bonchev–Trinajstić information content (AvgIpc) is 3.21. The molecule has 140 valence electrons. The Balaban J connectivity index is 1.20.